The third kappa shape index (κ3) is 4.37. The van der Waals surface area contributed by atoms with Gasteiger partial charge < -0.3 is 24.2 Å². The molecule has 0 spiro atoms. The minimum absolute atomic E-state index is 0.108. The number of amides is 2. The van der Waals surface area contributed by atoms with Gasteiger partial charge in [-0.3, -0.25) is 0 Å². The summed E-state index contributed by atoms with van der Waals surface area (Å²) in [6.07, 6.45) is 1.56. The molecule has 1 aliphatic heterocycles. The molecule has 0 atom stereocenters. The molecule has 1 saturated heterocycles. The lowest BCUT2D eigenvalue weighted by molar-refractivity contribution is 0.187. The fraction of sp³-hybridized carbons (Fsp3) is 0.318. The maximum atomic E-state index is 12.5. The van der Waals surface area contributed by atoms with Gasteiger partial charge in [-0.25, -0.2) is 4.79 Å². The van der Waals surface area contributed by atoms with Crippen molar-refractivity contribution in [2.75, 3.05) is 32.6 Å². The molecule has 0 bridgehead atoms. The van der Waals surface area contributed by atoms with E-state index < -0.39 is 0 Å². The van der Waals surface area contributed by atoms with E-state index in [1.165, 1.54) is 0 Å². The van der Waals surface area contributed by atoms with Gasteiger partial charge >= 0.3 is 6.03 Å². The van der Waals surface area contributed by atoms with Crippen LogP contribution >= 0.6 is 0 Å². The van der Waals surface area contributed by atoms with Crippen LogP contribution in [0, 0.1) is 0 Å². The predicted octanol–water partition coefficient (Wildman–Crippen LogP) is 4.17. The molecule has 0 aliphatic carbocycles. The van der Waals surface area contributed by atoms with E-state index in [1.807, 2.05) is 53.4 Å². The molecule has 3 aromatic rings. The zero-order chi connectivity index (χ0) is 20.9. The highest BCUT2D eigenvalue weighted by Gasteiger charge is 2.27. The molecule has 2 aromatic carbocycles. The van der Waals surface area contributed by atoms with Crippen LogP contribution in [0.3, 0.4) is 0 Å². The summed E-state index contributed by atoms with van der Waals surface area (Å²) >= 11 is 0. The number of anilines is 1. The first-order valence-corrected chi connectivity index (χ1v) is 9.84. The van der Waals surface area contributed by atoms with Gasteiger partial charge in [0.2, 0.25) is 11.7 Å². The zero-order valence-corrected chi connectivity index (χ0v) is 17.0. The van der Waals surface area contributed by atoms with E-state index in [0.717, 1.165) is 35.6 Å². The SMILES string of the molecule is COc1ccc(NC(=O)N2CCC(c3nc(-c4ccc(OC)cc4)no3)CC2)cc1. The summed E-state index contributed by atoms with van der Waals surface area (Å²) in [4.78, 5) is 18.9. The summed E-state index contributed by atoms with van der Waals surface area (Å²) in [6, 6.07) is 14.7. The molecule has 2 heterocycles. The van der Waals surface area contributed by atoms with Crippen LogP contribution in [-0.2, 0) is 0 Å². The number of hydrogen-bond donors (Lipinski definition) is 1. The second-order valence-electron chi connectivity index (χ2n) is 7.10. The smallest absolute Gasteiger partial charge is 0.321 e. The van der Waals surface area contributed by atoms with Gasteiger partial charge in [-0.15, -0.1) is 0 Å². The van der Waals surface area contributed by atoms with Crippen LogP contribution < -0.4 is 14.8 Å². The minimum atomic E-state index is -0.108. The van der Waals surface area contributed by atoms with Crippen LogP contribution in [0.4, 0.5) is 10.5 Å². The molecule has 30 heavy (non-hydrogen) atoms. The zero-order valence-electron chi connectivity index (χ0n) is 17.0. The van der Waals surface area contributed by atoms with Crippen LogP contribution in [0.15, 0.2) is 53.1 Å². The molecule has 2 amide bonds. The number of piperidine rings is 1. The maximum Gasteiger partial charge on any atom is 0.321 e. The molecule has 0 unspecified atom stereocenters. The topological polar surface area (TPSA) is 89.7 Å². The Kier molecular flexibility index (Phi) is 5.83. The number of nitrogens with one attached hydrogen (secondary N) is 1. The van der Waals surface area contributed by atoms with E-state index in [2.05, 4.69) is 15.5 Å². The third-order valence-corrected chi connectivity index (χ3v) is 5.26. The summed E-state index contributed by atoms with van der Waals surface area (Å²) in [6.45, 7) is 1.26. The van der Waals surface area contributed by atoms with Gasteiger partial charge in [-0.2, -0.15) is 4.98 Å². The average Bonchev–Trinajstić information content (AvgIpc) is 3.30. The highest BCUT2D eigenvalue weighted by Crippen LogP contribution is 2.29. The second kappa shape index (κ2) is 8.86. The largest absolute Gasteiger partial charge is 0.497 e. The van der Waals surface area contributed by atoms with Crippen molar-refractivity contribution < 1.29 is 18.8 Å². The summed E-state index contributed by atoms with van der Waals surface area (Å²) in [5.74, 6) is 2.86. The highest BCUT2D eigenvalue weighted by molar-refractivity contribution is 5.89. The van der Waals surface area contributed by atoms with E-state index in [9.17, 15) is 4.79 Å². The molecule has 8 heteroatoms. The first-order chi connectivity index (χ1) is 14.7. The van der Waals surface area contributed by atoms with Crippen LogP contribution in [0.5, 0.6) is 11.5 Å². The molecular formula is C22H24N4O4. The van der Waals surface area contributed by atoms with Crippen molar-refractivity contribution in [3.05, 3.63) is 54.4 Å². The second-order valence-corrected chi connectivity index (χ2v) is 7.10. The lowest BCUT2D eigenvalue weighted by Gasteiger charge is -2.30. The van der Waals surface area contributed by atoms with Crippen molar-refractivity contribution in [3.63, 3.8) is 0 Å². The van der Waals surface area contributed by atoms with E-state index >= 15 is 0 Å². The molecule has 1 aromatic heterocycles. The summed E-state index contributed by atoms with van der Waals surface area (Å²) in [5.41, 5.74) is 1.62. The molecule has 1 fully saturated rings. The van der Waals surface area contributed by atoms with Crippen molar-refractivity contribution in [2.45, 2.75) is 18.8 Å². The maximum absolute atomic E-state index is 12.5. The Bertz CT molecular complexity index is 977. The molecule has 156 valence electrons. The standard InChI is InChI=1S/C22H24N4O4/c1-28-18-7-3-15(4-8-18)20-24-21(30-25-20)16-11-13-26(14-12-16)22(27)23-17-5-9-19(29-2)10-6-17/h3-10,16H,11-14H2,1-2H3,(H,23,27). The van der Waals surface area contributed by atoms with Crippen LogP contribution in [0.2, 0.25) is 0 Å². The molecule has 8 nitrogen and oxygen atoms in total. The number of urea groups is 1. The fourth-order valence-corrected chi connectivity index (χ4v) is 3.46. The first-order valence-electron chi connectivity index (χ1n) is 9.84. The van der Waals surface area contributed by atoms with Gasteiger partial charge in [0.15, 0.2) is 0 Å². The third-order valence-electron chi connectivity index (χ3n) is 5.26. The van der Waals surface area contributed by atoms with E-state index in [0.29, 0.717) is 24.8 Å². The Morgan fingerprint density at radius 3 is 2.20 bits per heavy atom. The molecule has 1 N–H and O–H groups in total. The van der Waals surface area contributed by atoms with Crippen molar-refractivity contribution in [3.8, 4) is 22.9 Å². The number of methoxy groups -OCH3 is 2. The lowest BCUT2D eigenvalue weighted by atomic mass is 9.97. The molecular weight excluding hydrogens is 384 g/mol. The van der Waals surface area contributed by atoms with Crippen molar-refractivity contribution in [2.24, 2.45) is 0 Å². The van der Waals surface area contributed by atoms with Gasteiger partial charge in [0.25, 0.3) is 0 Å². The Balaban J connectivity index is 1.32. The van der Waals surface area contributed by atoms with Crippen LogP contribution in [0.25, 0.3) is 11.4 Å². The average molecular weight is 408 g/mol. The number of ether oxygens (including phenoxy) is 2. The van der Waals surface area contributed by atoms with E-state index in [-0.39, 0.29) is 11.9 Å². The number of carbonyl (C=O) groups is 1. The quantitative estimate of drug-likeness (QED) is 0.682. The van der Waals surface area contributed by atoms with Crippen molar-refractivity contribution in [1.29, 1.82) is 0 Å². The number of carbonyl (C=O) groups excluding carboxylic acids is 1. The normalized spacial score (nSPS) is 14.4. The predicted molar refractivity (Wildman–Crippen MR) is 112 cm³/mol. The van der Waals surface area contributed by atoms with Crippen LogP contribution in [-0.4, -0.2) is 48.4 Å². The van der Waals surface area contributed by atoms with Gasteiger partial charge in [-0.1, -0.05) is 5.16 Å². The first kappa shape index (κ1) is 19.8. The minimum Gasteiger partial charge on any atom is -0.497 e. The molecule has 0 saturated carbocycles. The van der Waals surface area contributed by atoms with Crippen LogP contribution in [0.1, 0.15) is 24.7 Å². The van der Waals surface area contributed by atoms with Gasteiger partial charge in [0.1, 0.15) is 11.5 Å². The summed E-state index contributed by atoms with van der Waals surface area (Å²) in [5, 5.41) is 7.03. The van der Waals surface area contributed by atoms with Gasteiger partial charge in [0.05, 0.1) is 14.2 Å². The number of aromatic nitrogens is 2. The summed E-state index contributed by atoms with van der Waals surface area (Å²) < 4.78 is 15.8. The van der Waals surface area contributed by atoms with Gasteiger partial charge in [-0.05, 0) is 61.4 Å². The van der Waals surface area contributed by atoms with Gasteiger partial charge in [0, 0.05) is 30.3 Å². The van der Waals surface area contributed by atoms with E-state index in [4.69, 9.17) is 14.0 Å². The number of hydrogen-bond acceptors (Lipinski definition) is 6. The number of likely N-dealkylation sites (tertiary alicyclic amines) is 1. The Labute approximate surface area is 174 Å². The number of benzene rings is 2. The highest BCUT2D eigenvalue weighted by atomic mass is 16.5. The lowest BCUT2D eigenvalue weighted by Crippen LogP contribution is -2.40. The summed E-state index contributed by atoms with van der Waals surface area (Å²) in [7, 11) is 3.24. The monoisotopic (exact) mass is 408 g/mol. The fourth-order valence-electron chi connectivity index (χ4n) is 3.46. The van der Waals surface area contributed by atoms with E-state index in [1.54, 1.807) is 14.2 Å². The molecule has 0 radical (unpaired) electrons. The van der Waals surface area contributed by atoms with Crippen molar-refractivity contribution >= 4 is 11.7 Å². The number of nitrogens with zero attached hydrogens (tertiary/aromatic N) is 3. The molecule has 4 rings (SSSR count). The number of rotatable bonds is 5. The molecule has 1 aliphatic rings. The Morgan fingerprint density at radius 2 is 1.60 bits per heavy atom. The Morgan fingerprint density at radius 1 is 1.00 bits per heavy atom. The van der Waals surface area contributed by atoms with Crippen molar-refractivity contribution in [1.82, 2.24) is 15.0 Å². The Hall–Kier alpha value is -3.55.